The van der Waals surface area contributed by atoms with E-state index >= 15 is 0 Å². The lowest BCUT2D eigenvalue weighted by molar-refractivity contribution is 0.0694. The van der Waals surface area contributed by atoms with E-state index in [4.69, 9.17) is 5.11 Å². The van der Waals surface area contributed by atoms with Crippen LogP contribution in [0, 0.1) is 13.8 Å². The largest absolute Gasteiger partial charge is 0.478 e. The first-order valence-corrected chi connectivity index (χ1v) is 6.93. The highest BCUT2D eigenvalue weighted by atomic mass is 16.4. The first kappa shape index (κ1) is 15.9. The Labute approximate surface area is 128 Å². The van der Waals surface area contributed by atoms with Gasteiger partial charge in [0.15, 0.2) is 0 Å². The van der Waals surface area contributed by atoms with Gasteiger partial charge in [-0.3, -0.25) is 9.36 Å². The summed E-state index contributed by atoms with van der Waals surface area (Å²) >= 11 is 0. The molecule has 0 amide bonds. The summed E-state index contributed by atoms with van der Waals surface area (Å²) in [5.41, 5.74) is 1.29. The summed E-state index contributed by atoms with van der Waals surface area (Å²) in [5.74, 6) is -0.887. The van der Waals surface area contributed by atoms with Gasteiger partial charge in [-0.2, -0.15) is 0 Å². The molecule has 116 valence electrons. The minimum atomic E-state index is -1.07. The molecule has 0 radical (unpaired) electrons. The molecule has 22 heavy (non-hydrogen) atoms. The Morgan fingerprint density at radius 1 is 1.18 bits per heavy atom. The summed E-state index contributed by atoms with van der Waals surface area (Å²) in [4.78, 5) is 31.8. The Kier molecular flexibility index (Phi) is 3.87. The predicted octanol–water partition coefficient (Wildman–Crippen LogP) is 2.24. The van der Waals surface area contributed by atoms with Crippen LogP contribution in [0.4, 0.5) is 0 Å². The smallest absolute Gasteiger partial charge is 0.339 e. The van der Waals surface area contributed by atoms with Crippen molar-refractivity contribution in [1.29, 1.82) is 0 Å². The molecule has 0 aromatic carbocycles. The quantitative estimate of drug-likeness (QED) is 0.919. The van der Waals surface area contributed by atoms with Crippen LogP contribution in [-0.4, -0.2) is 25.6 Å². The molecule has 6 nitrogen and oxygen atoms in total. The van der Waals surface area contributed by atoms with E-state index in [9.17, 15) is 9.59 Å². The first-order chi connectivity index (χ1) is 10.1. The van der Waals surface area contributed by atoms with Crippen molar-refractivity contribution in [3.8, 4) is 5.95 Å². The third kappa shape index (κ3) is 2.90. The van der Waals surface area contributed by atoms with E-state index in [0.29, 0.717) is 11.4 Å². The van der Waals surface area contributed by atoms with Gasteiger partial charge in [-0.1, -0.05) is 20.8 Å². The predicted molar refractivity (Wildman–Crippen MR) is 82.8 cm³/mol. The normalized spacial score (nSPS) is 11.5. The van der Waals surface area contributed by atoms with Gasteiger partial charge < -0.3 is 5.11 Å². The molecule has 0 aliphatic carbocycles. The third-order valence-electron chi connectivity index (χ3n) is 3.47. The Balaban J connectivity index is 2.59. The van der Waals surface area contributed by atoms with Gasteiger partial charge in [0, 0.05) is 12.3 Å². The molecule has 0 aliphatic heterocycles. The molecule has 2 aromatic rings. The summed E-state index contributed by atoms with van der Waals surface area (Å²) in [7, 11) is 0. The summed E-state index contributed by atoms with van der Waals surface area (Å²) in [6.07, 6.45) is 1.62. The Morgan fingerprint density at radius 2 is 1.73 bits per heavy atom. The molecule has 6 heteroatoms. The number of aromatic nitrogens is 3. The molecule has 0 spiro atoms. The molecule has 2 rings (SSSR count). The van der Waals surface area contributed by atoms with E-state index in [1.807, 2.05) is 26.8 Å². The van der Waals surface area contributed by atoms with Gasteiger partial charge in [0.2, 0.25) is 5.95 Å². The molecule has 1 N–H and O–H groups in total. The number of carboxylic acids is 1. The monoisotopic (exact) mass is 301 g/mol. The van der Waals surface area contributed by atoms with E-state index in [0.717, 1.165) is 5.56 Å². The standard InChI is InChI=1S/C16H19N3O3/c1-9-13(14(21)22)10(2)18-15(17-9)19-7-6-11(8-12(19)20)16(3,4)5/h6-8H,1-5H3,(H,21,22). The zero-order chi connectivity index (χ0) is 16.7. The van der Waals surface area contributed by atoms with E-state index in [1.54, 1.807) is 26.1 Å². The van der Waals surface area contributed by atoms with Gasteiger partial charge in [0.1, 0.15) is 5.56 Å². The van der Waals surface area contributed by atoms with Crippen molar-refractivity contribution in [2.75, 3.05) is 0 Å². The fraction of sp³-hybridized carbons (Fsp3) is 0.375. The molecule has 0 aliphatic rings. The van der Waals surface area contributed by atoms with Gasteiger partial charge in [0.05, 0.1) is 11.4 Å². The number of nitrogens with zero attached hydrogens (tertiary/aromatic N) is 3. The number of pyridine rings is 1. The summed E-state index contributed by atoms with van der Waals surface area (Å²) in [5, 5.41) is 9.14. The maximum Gasteiger partial charge on any atom is 0.339 e. The second-order valence-corrected chi connectivity index (χ2v) is 6.25. The molecule has 0 saturated carbocycles. The lowest BCUT2D eigenvalue weighted by atomic mass is 9.88. The number of hydrogen-bond acceptors (Lipinski definition) is 4. The van der Waals surface area contributed by atoms with Gasteiger partial charge in [-0.05, 0) is 30.9 Å². The summed E-state index contributed by atoms with van der Waals surface area (Å²) < 4.78 is 1.32. The van der Waals surface area contributed by atoms with Crippen LogP contribution >= 0.6 is 0 Å². The highest BCUT2D eigenvalue weighted by molar-refractivity contribution is 5.90. The summed E-state index contributed by atoms with van der Waals surface area (Å²) in [6, 6.07) is 3.40. The number of carboxylic acid groups (broad SMARTS) is 1. The second kappa shape index (κ2) is 5.36. The molecule has 0 atom stereocenters. The number of aryl methyl sites for hydroxylation is 2. The molecule has 0 saturated heterocycles. The van der Waals surface area contributed by atoms with E-state index in [-0.39, 0.29) is 22.5 Å². The number of aromatic carboxylic acids is 1. The van der Waals surface area contributed by atoms with Crippen molar-refractivity contribution < 1.29 is 9.90 Å². The van der Waals surface area contributed by atoms with E-state index in [1.165, 1.54) is 4.57 Å². The Bertz CT molecular complexity index is 778. The van der Waals surface area contributed by atoms with Crippen LogP contribution in [0.25, 0.3) is 5.95 Å². The van der Waals surface area contributed by atoms with Gasteiger partial charge >= 0.3 is 5.97 Å². The van der Waals surface area contributed by atoms with Crippen LogP contribution in [0.3, 0.4) is 0 Å². The van der Waals surface area contributed by atoms with Crippen molar-refractivity contribution >= 4 is 5.97 Å². The molecule has 0 bridgehead atoms. The van der Waals surface area contributed by atoms with Crippen molar-refractivity contribution in [3.05, 3.63) is 51.2 Å². The van der Waals surface area contributed by atoms with Crippen LogP contribution in [0.2, 0.25) is 0 Å². The van der Waals surface area contributed by atoms with Gasteiger partial charge in [0.25, 0.3) is 5.56 Å². The first-order valence-electron chi connectivity index (χ1n) is 6.93. The number of hydrogen-bond donors (Lipinski definition) is 1. The molecular weight excluding hydrogens is 282 g/mol. The topological polar surface area (TPSA) is 85.1 Å². The maximum atomic E-state index is 12.3. The van der Waals surface area contributed by atoms with Crippen LogP contribution in [0.5, 0.6) is 0 Å². The minimum Gasteiger partial charge on any atom is -0.478 e. The minimum absolute atomic E-state index is 0.0723. The molecular formula is C16H19N3O3. The van der Waals surface area contributed by atoms with E-state index < -0.39 is 5.97 Å². The second-order valence-electron chi connectivity index (χ2n) is 6.25. The number of rotatable bonds is 2. The SMILES string of the molecule is Cc1nc(-n2ccc(C(C)(C)C)cc2=O)nc(C)c1C(=O)O. The molecule has 2 heterocycles. The fourth-order valence-corrected chi connectivity index (χ4v) is 2.23. The molecule has 0 fully saturated rings. The van der Waals surface area contributed by atoms with Crippen LogP contribution < -0.4 is 5.56 Å². The average Bonchev–Trinajstić information content (AvgIpc) is 2.35. The Hall–Kier alpha value is -2.50. The van der Waals surface area contributed by atoms with Gasteiger partial charge in [-0.15, -0.1) is 0 Å². The highest BCUT2D eigenvalue weighted by Crippen LogP contribution is 2.20. The molecule has 0 unspecified atom stereocenters. The van der Waals surface area contributed by atoms with Crippen molar-refractivity contribution in [2.45, 2.75) is 40.0 Å². The lowest BCUT2D eigenvalue weighted by Gasteiger charge is -2.19. The van der Waals surface area contributed by atoms with Crippen LogP contribution in [0.1, 0.15) is 48.1 Å². The maximum absolute atomic E-state index is 12.3. The van der Waals surface area contributed by atoms with Crippen LogP contribution in [-0.2, 0) is 5.41 Å². The highest BCUT2D eigenvalue weighted by Gasteiger charge is 2.18. The van der Waals surface area contributed by atoms with E-state index in [2.05, 4.69) is 9.97 Å². The fourth-order valence-electron chi connectivity index (χ4n) is 2.23. The third-order valence-corrected chi connectivity index (χ3v) is 3.47. The zero-order valence-corrected chi connectivity index (χ0v) is 13.3. The van der Waals surface area contributed by atoms with Gasteiger partial charge in [-0.25, -0.2) is 14.8 Å². The lowest BCUT2D eigenvalue weighted by Crippen LogP contribution is -2.24. The Morgan fingerprint density at radius 3 is 2.14 bits per heavy atom. The average molecular weight is 301 g/mol. The van der Waals surface area contributed by atoms with Crippen molar-refractivity contribution in [2.24, 2.45) is 0 Å². The van der Waals surface area contributed by atoms with Crippen LogP contribution in [0.15, 0.2) is 23.1 Å². The molecule has 2 aromatic heterocycles. The number of carbonyl (C=O) groups is 1. The van der Waals surface area contributed by atoms with Crippen molar-refractivity contribution in [1.82, 2.24) is 14.5 Å². The zero-order valence-electron chi connectivity index (χ0n) is 13.3. The summed E-state index contributed by atoms with van der Waals surface area (Å²) in [6.45, 7) is 9.27. The van der Waals surface area contributed by atoms with Crippen molar-refractivity contribution in [3.63, 3.8) is 0 Å².